The standard InChI is InChI=1S/C17H26Cl2N4O/c1-3-22-6-8-23(9-7-22)12-13(2)11-20-17(24)21-16-10-14(18)4-5-15(16)19/h4-5,10,13H,3,6-9,11-12H2,1-2H3,(H2,20,21,24)/t13-/m0/s1. The summed E-state index contributed by atoms with van der Waals surface area (Å²) in [5.41, 5.74) is 0.519. The van der Waals surface area contributed by atoms with Crippen molar-refractivity contribution in [2.24, 2.45) is 5.92 Å². The molecule has 24 heavy (non-hydrogen) atoms. The Kier molecular flexibility index (Phi) is 7.62. The molecule has 0 bridgehead atoms. The highest BCUT2D eigenvalue weighted by atomic mass is 35.5. The van der Waals surface area contributed by atoms with Gasteiger partial charge in [-0.05, 0) is 30.7 Å². The van der Waals surface area contributed by atoms with Gasteiger partial charge in [0.05, 0.1) is 10.7 Å². The van der Waals surface area contributed by atoms with E-state index in [-0.39, 0.29) is 6.03 Å². The summed E-state index contributed by atoms with van der Waals surface area (Å²) in [6.45, 7) is 11.6. The molecule has 0 spiro atoms. The van der Waals surface area contributed by atoms with E-state index in [1.54, 1.807) is 18.2 Å². The first kappa shape index (κ1) is 19.3. The average molecular weight is 373 g/mol. The van der Waals surface area contributed by atoms with Gasteiger partial charge in [-0.15, -0.1) is 0 Å². The number of anilines is 1. The summed E-state index contributed by atoms with van der Waals surface area (Å²) < 4.78 is 0. The van der Waals surface area contributed by atoms with Gasteiger partial charge in [-0.25, -0.2) is 4.79 Å². The lowest BCUT2D eigenvalue weighted by Crippen LogP contribution is -2.48. The molecule has 0 aromatic heterocycles. The van der Waals surface area contributed by atoms with E-state index in [0.717, 1.165) is 39.3 Å². The molecule has 7 heteroatoms. The van der Waals surface area contributed by atoms with Crippen LogP contribution in [0.15, 0.2) is 18.2 Å². The first-order valence-corrected chi connectivity index (χ1v) is 9.18. The number of amides is 2. The van der Waals surface area contributed by atoms with Gasteiger partial charge in [0.1, 0.15) is 0 Å². The first-order valence-electron chi connectivity index (χ1n) is 8.42. The Labute approximate surface area is 154 Å². The Bertz CT molecular complexity index is 547. The Hall–Kier alpha value is -1.01. The van der Waals surface area contributed by atoms with Crippen molar-refractivity contribution in [1.82, 2.24) is 15.1 Å². The number of carbonyl (C=O) groups is 1. The van der Waals surface area contributed by atoms with Crippen LogP contribution in [0.2, 0.25) is 10.0 Å². The van der Waals surface area contributed by atoms with Crippen LogP contribution in [0.4, 0.5) is 10.5 Å². The molecule has 2 amide bonds. The highest BCUT2D eigenvalue weighted by molar-refractivity contribution is 6.35. The number of carbonyl (C=O) groups excluding carboxylic acids is 1. The normalized spacial score (nSPS) is 17.5. The molecule has 1 aromatic carbocycles. The van der Waals surface area contributed by atoms with Gasteiger partial charge in [0.25, 0.3) is 0 Å². The Morgan fingerprint density at radius 2 is 1.88 bits per heavy atom. The largest absolute Gasteiger partial charge is 0.338 e. The number of urea groups is 1. The second kappa shape index (κ2) is 9.47. The van der Waals surface area contributed by atoms with Gasteiger partial charge in [0, 0.05) is 44.3 Å². The monoisotopic (exact) mass is 372 g/mol. The Morgan fingerprint density at radius 1 is 1.21 bits per heavy atom. The quantitative estimate of drug-likeness (QED) is 0.804. The molecule has 1 aliphatic heterocycles. The van der Waals surface area contributed by atoms with E-state index in [1.165, 1.54) is 0 Å². The third-order valence-electron chi connectivity index (χ3n) is 4.27. The second-order valence-electron chi connectivity index (χ2n) is 6.30. The maximum Gasteiger partial charge on any atom is 0.319 e. The molecule has 1 aromatic rings. The number of nitrogens with one attached hydrogen (secondary N) is 2. The van der Waals surface area contributed by atoms with Crippen molar-refractivity contribution >= 4 is 34.9 Å². The number of nitrogens with zero attached hydrogens (tertiary/aromatic N) is 2. The molecule has 5 nitrogen and oxygen atoms in total. The number of piperazine rings is 1. The first-order chi connectivity index (χ1) is 11.5. The van der Waals surface area contributed by atoms with E-state index in [9.17, 15) is 4.79 Å². The van der Waals surface area contributed by atoms with Crippen molar-refractivity contribution < 1.29 is 4.79 Å². The van der Waals surface area contributed by atoms with Gasteiger partial charge in [0.15, 0.2) is 0 Å². The molecule has 1 saturated heterocycles. The van der Waals surface area contributed by atoms with E-state index >= 15 is 0 Å². The highest BCUT2D eigenvalue weighted by Crippen LogP contribution is 2.25. The van der Waals surface area contributed by atoms with E-state index in [0.29, 0.717) is 28.2 Å². The smallest absolute Gasteiger partial charge is 0.319 e. The molecular formula is C17H26Cl2N4O. The zero-order valence-electron chi connectivity index (χ0n) is 14.3. The predicted molar refractivity (Wildman–Crippen MR) is 101 cm³/mol. The molecule has 1 aliphatic rings. The van der Waals surface area contributed by atoms with Crippen molar-refractivity contribution in [3.63, 3.8) is 0 Å². The summed E-state index contributed by atoms with van der Waals surface area (Å²) in [5, 5.41) is 6.64. The zero-order valence-corrected chi connectivity index (χ0v) is 15.8. The molecule has 0 aliphatic carbocycles. The fourth-order valence-corrected chi connectivity index (χ4v) is 3.16. The minimum atomic E-state index is -0.262. The molecule has 2 N–H and O–H groups in total. The fourth-order valence-electron chi connectivity index (χ4n) is 2.82. The Balaban J connectivity index is 1.70. The van der Waals surface area contributed by atoms with Crippen LogP contribution in [-0.4, -0.2) is 61.6 Å². The SMILES string of the molecule is CCN1CCN(C[C@@H](C)CNC(=O)Nc2cc(Cl)ccc2Cl)CC1. The van der Waals surface area contributed by atoms with Crippen molar-refractivity contribution in [3.05, 3.63) is 28.2 Å². The van der Waals surface area contributed by atoms with Crippen LogP contribution in [-0.2, 0) is 0 Å². The lowest BCUT2D eigenvalue weighted by molar-refractivity contribution is 0.124. The lowest BCUT2D eigenvalue weighted by Gasteiger charge is -2.35. The third kappa shape index (κ3) is 6.13. The molecule has 1 heterocycles. The molecule has 2 rings (SSSR count). The lowest BCUT2D eigenvalue weighted by atomic mass is 10.1. The minimum absolute atomic E-state index is 0.262. The highest BCUT2D eigenvalue weighted by Gasteiger charge is 2.17. The van der Waals surface area contributed by atoms with Gasteiger partial charge < -0.3 is 20.4 Å². The number of benzene rings is 1. The van der Waals surface area contributed by atoms with Crippen LogP contribution >= 0.6 is 23.2 Å². The molecule has 134 valence electrons. The second-order valence-corrected chi connectivity index (χ2v) is 7.14. The summed E-state index contributed by atoms with van der Waals surface area (Å²) in [6, 6.07) is 4.73. The van der Waals surface area contributed by atoms with Gasteiger partial charge in [-0.2, -0.15) is 0 Å². The van der Waals surface area contributed by atoms with E-state index in [2.05, 4.69) is 34.3 Å². The molecular weight excluding hydrogens is 347 g/mol. The maximum atomic E-state index is 12.0. The van der Waals surface area contributed by atoms with Gasteiger partial charge >= 0.3 is 6.03 Å². The Morgan fingerprint density at radius 3 is 2.54 bits per heavy atom. The summed E-state index contributed by atoms with van der Waals surface area (Å²) in [6.07, 6.45) is 0. The van der Waals surface area contributed by atoms with Gasteiger partial charge in [0.2, 0.25) is 0 Å². The van der Waals surface area contributed by atoms with E-state index < -0.39 is 0 Å². The fraction of sp³-hybridized carbons (Fsp3) is 0.588. The molecule has 1 fully saturated rings. The molecule has 0 unspecified atom stereocenters. The number of halogens is 2. The third-order valence-corrected chi connectivity index (χ3v) is 4.83. The van der Waals surface area contributed by atoms with Crippen molar-refractivity contribution in [2.45, 2.75) is 13.8 Å². The van der Waals surface area contributed by atoms with Crippen LogP contribution in [0.25, 0.3) is 0 Å². The molecule has 1 atom stereocenters. The summed E-state index contributed by atoms with van der Waals surface area (Å²) >= 11 is 12.0. The van der Waals surface area contributed by atoms with Crippen LogP contribution in [0.5, 0.6) is 0 Å². The molecule has 0 saturated carbocycles. The van der Waals surface area contributed by atoms with Gasteiger partial charge in [-0.3, -0.25) is 0 Å². The van der Waals surface area contributed by atoms with E-state index in [4.69, 9.17) is 23.2 Å². The number of hydrogen-bond donors (Lipinski definition) is 2. The van der Waals surface area contributed by atoms with Crippen LogP contribution in [0.3, 0.4) is 0 Å². The summed E-state index contributed by atoms with van der Waals surface area (Å²) in [7, 11) is 0. The molecule has 0 radical (unpaired) electrons. The minimum Gasteiger partial charge on any atom is -0.338 e. The number of rotatable bonds is 6. The zero-order chi connectivity index (χ0) is 17.5. The summed E-state index contributed by atoms with van der Waals surface area (Å²) in [4.78, 5) is 16.9. The van der Waals surface area contributed by atoms with Gasteiger partial charge in [-0.1, -0.05) is 37.0 Å². The number of likely N-dealkylation sites (N-methyl/N-ethyl adjacent to an activating group) is 1. The van der Waals surface area contributed by atoms with Crippen LogP contribution < -0.4 is 10.6 Å². The van der Waals surface area contributed by atoms with Crippen molar-refractivity contribution in [3.8, 4) is 0 Å². The average Bonchev–Trinajstić information content (AvgIpc) is 2.57. The topological polar surface area (TPSA) is 47.6 Å². The summed E-state index contributed by atoms with van der Waals surface area (Å²) in [5.74, 6) is 0.388. The number of hydrogen-bond acceptors (Lipinski definition) is 3. The van der Waals surface area contributed by atoms with Crippen LogP contribution in [0.1, 0.15) is 13.8 Å². The van der Waals surface area contributed by atoms with Crippen molar-refractivity contribution in [1.29, 1.82) is 0 Å². The van der Waals surface area contributed by atoms with Crippen molar-refractivity contribution in [2.75, 3.05) is 51.1 Å². The van der Waals surface area contributed by atoms with Crippen LogP contribution in [0, 0.1) is 5.92 Å². The van der Waals surface area contributed by atoms with E-state index in [1.807, 2.05) is 0 Å². The predicted octanol–water partition coefficient (Wildman–Crippen LogP) is 3.39. The maximum absolute atomic E-state index is 12.0.